The van der Waals surface area contributed by atoms with E-state index >= 15 is 0 Å². The van der Waals surface area contributed by atoms with Crippen molar-refractivity contribution in [3.8, 4) is 5.75 Å². The first-order chi connectivity index (χ1) is 9.27. The third kappa shape index (κ3) is 1.31. The summed E-state index contributed by atoms with van der Waals surface area (Å²) in [7, 11) is 1.70. The van der Waals surface area contributed by atoms with Gasteiger partial charge in [0.05, 0.1) is 7.11 Å². The number of aliphatic hydroxyl groups is 1. The number of para-hydroxylation sites is 1. The van der Waals surface area contributed by atoms with Crippen molar-refractivity contribution in [2.45, 2.75) is 24.5 Å². The van der Waals surface area contributed by atoms with Crippen molar-refractivity contribution < 1.29 is 9.84 Å². The van der Waals surface area contributed by atoms with Gasteiger partial charge in [-0.2, -0.15) is 0 Å². The molecule has 4 rings (SSSR count). The van der Waals surface area contributed by atoms with Crippen LogP contribution in [0, 0.1) is 5.92 Å². The number of aromatic nitrogens is 1. The lowest BCUT2D eigenvalue weighted by atomic mass is 9.83. The molecule has 1 aliphatic carbocycles. The van der Waals surface area contributed by atoms with E-state index in [2.05, 4.69) is 16.8 Å². The fourth-order valence-corrected chi connectivity index (χ4v) is 3.76. The monoisotopic (exact) mass is 255 g/mol. The summed E-state index contributed by atoms with van der Waals surface area (Å²) in [6.07, 6.45) is 2.66. The molecule has 0 saturated heterocycles. The van der Waals surface area contributed by atoms with Gasteiger partial charge in [0.1, 0.15) is 11.9 Å². The average molecular weight is 255 g/mol. The summed E-state index contributed by atoms with van der Waals surface area (Å²) in [5, 5.41) is 10.8. The number of hydrogen-bond acceptors (Lipinski definition) is 2. The van der Waals surface area contributed by atoms with Gasteiger partial charge < -0.3 is 14.4 Å². The van der Waals surface area contributed by atoms with Gasteiger partial charge >= 0.3 is 0 Å². The molecular formula is C16H17NO2. The zero-order valence-electron chi connectivity index (χ0n) is 10.9. The van der Waals surface area contributed by atoms with Gasteiger partial charge in [0.15, 0.2) is 0 Å². The molecular weight excluding hydrogens is 238 g/mol. The number of benzene rings is 1. The van der Waals surface area contributed by atoms with Crippen LogP contribution in [0.15, 0.2) is 42.6 Å². The Balaban J connectivity index is 1.85. The second-order valence-corrected chi connectivity index (χ2v) is 5.63. The van der Waals surface area contributed by atoms with Crippen LogP contribution in [-0.2, 0) is 12.0 Å². The fourth-order valence-electron chi connectivity index (χ4n) is 3.76. The second kappa shape index (κ2) is 3.64. The molecule has 0 bridgehead atoms. The number of hydrogen-bond donors (Lipinski definition) is 1. The Morgan fingerprint density at radius 3 is 2.95 bits per heavy atom. The second-order valence-electron chi connectivity index (χ2n) is 5.63. The average Bonchev–Trinajstić information content (AvgIpc) is 2.99. The molecule has 0 amide bonds. The topological polar surface area (TPSA) is 34.4 Å². The van der Waals surface area contributed by atoms with Gasteiger partial charge in [0, 0.05) is 29.4 Å². The highest BCUT2D eigenvalue weighted by Crippen LogP contribution is 2.65. The van der Waals surface area contributed by atoms with E-state index in [0.29, 0.717) is 5.92 Å². The molecule has 3 atom stereocenters. The Labute approximate surface area is 112 Å². The van der Waals surface area contributed by atoms with Crippen LogP contribution in [0.1, 0.15) is 23.8 Å². The van der Waals surface area contributed by atoms with E-state index in [4.69, 9.17) is 4.74 Å². The molecule has 0 spiro atoms. The summed E-state index contributed by atoms with van der Waals surface area (Å²) in [6, 6.07) is 12.1. The van der Waals surface area contributed by atoms with Crippen molar-refractivity contribution in [3.05, 3.63) is 53.9 Å². The van der Waals surface area contributed by atoms with Gasteiger partial charge in [0.2, 0.25) is 0 Å². The summed E-state index contributed by atoms with van der Waals surface area (Å²) in [4.78, 5) is 0. The summed E-state index contributed by atoms with van der Waals surface area (Å²) in [5.74, 6) is 1.41. The van der Waals surface area contributed by atoms with Crippen molar-refractivity contribution in [2.75, 3.05) is 7.11 Å². The first-order valence-corrected chi connectivity index (χ1v) is 6.74. The summed E-state index contributed by atoms with van der Waals surface area (Å²) in [6.45, 7) is 0.997. The van der Waals surface area contributed by atoms with E-state index in [1.807, 2.05) is 30.3 Å². The van der Waals surface area contributed by atoms with Crippen LogP contribution in [0.4, 0.5) is 0 Å². The lowest BCUT2D eigenvalue weighted by Gasteiger charge is -2.31. The Bertz CT molecular complexity index is 633. The van der Waals surface area contributed by atoms with Gasteiger partial charge in [-0.1, -0.05) is 18.2 Å². The maximum Gasteiger partial charge on any atom is 0.122 e. The fraction of sp³-hybridized carbons (Fsp3) is 0.375. The number of fused-ring (bicyclic) bond motifs is 2. The van der Waals surface area contributed by atoms with Crippen LogP contribution >= 0.6 is 0 Å². The van der Waals surface area contributed by atoms with Crippen molar-refractivity contribution in [2.24, 2.45) is 5.92 Å². The standard InChI is InChI=1S/C16H17NO2/c1-19-14-7-3-2-5-12(14)16-9-11(16)10-17-8-4-6-13(17)15(16)18/h2-8,11,15,18H,9-10H2,1H3. The highest BCUT2D eigenvalue weighted by atomic mass is 16.5. The molecule has 1 saturated carbocycles. The molecule has 1 fully saturated rings. The number of aliphatic hydroxyl groups excluding tert-OH is 1. The Morgan fingerprint density at radius 1 is 1.26 bits per heavy atom. The van der Waals surface area contributed by atoms with Gasteiger partial charge in [-0.3, -0.25) is 0 Å². The van der Waals surface area contributed by atoms with Gasteiger partial charge in [0.25, 0.3) is 0 Å². The highest BCUT2D eigenvalue weighted by molar-refractivity contribution is 5.48. The molecule has 0 radical (unpaired) electrons. The molecule has 3 heteroatoms. The summed E-state index contributed by atoms with van der Waals surface area (Å²) < 4.78 is 7.67. The number of methoxy groups -OCH3 is 1. The zero-order valence-corrected chi connectivity index (χ0v) is 10.9. The van der Waals surface area contributed by atoms with E-state index in [1.165, 1.54) is 0 Å². The minimum Gasteiger partial charge on any atom is -0.496 e. The van der Waals surface area contributed by atoms with E-state index in [-0.39, 0.29) is 5.41 Å². The van der Waals surface area contributed by atoms with Crippen LogP contribution in [0.25, 0.3) is 0 Å². The van der Waals surface area contributed by atoms with E-state index in [1.54, 1.807) is 7.11 Å². The minimum atomic E-state index is -0.433. The van der Waals surface area contributed by atoms with Gasteiger partial charge in [-0.15, -0.1) is 0 Å². The molecule has 3 unspecified atom stereocenters. The third-order valence-corrected chi connectivity index (χ3v) is 4.81. The van der Waals surface area contributed by atoms with E-state index in [0.717, 1.165) is 30.0 Å². The maximum absolute atomic E-state index is 10.8. The molecule has 1 aromatic heterocycles. The smallest absolute Gasteiger partial charge is 0.122 e. The van der Waals surface area contributed by atoms with Crippen LogP contribution in [0.2, 0.25) is 0 Å². The lowest BCUT2D eigenvalue weighted by Crippen LogP contribution is -2.29. The maximum atomic E-state index is 10.8. The molecule has 2 aliphatic rings. The predicted octanol–water partition coefficient (Wildman–Crippen LogP) is 2.50. The first kappa shape index (κ1) is 11.1. The highest BCUT2D eigenvalue weighted by Gasteiger charge is 2.63. The number of ether oxygens (including phenoxy) is 1. The first-order valence-electron chi connectivity index (χ1n) is 6.74. The quantitative estimate of drug-likeness (QED) is 0.894. The Hall–Kier alpha value is -1.74. The molecule has 1 N–H and O–H groups in total. The normalized spacial score (nSPS) is 31.5. The van der Waals surface area contributed by atoms with Crippen LogP contribution in [0.5, 0.6) is 5.75 Å². The zero-order chi connectivity index (χ0) is 13.0. The lowest BCUT2D eigenvalue weighted by molar-refractivity contribution is 0.100. The van der Waals surface area contributed by atoms with Gasteiger partial charge in [-0.05, 0) is 30.5 Å². The number of rotatable bonds is 2. The number of nitrogens with zero attached hydrogens (tertiary/aromatic N) is 1. The van der Waals surface area contributed by atoms with Crippen LogP contribution in [-0.4, -0.2) is 16.8 Å². The third-order valence-electron chi connectivity index (χ3n) is 4.81. The molecule has 1 aromatic carbocycles. The summed E-state index contributed by atoms with van der Waals surface area (Å²) in [5.41, 5.74) is 2.04. The SMILES string of the molecule is COc1ccccc1C12CC1Cn1cccc1C2O. The van der Waals surface area contributed by atoms with E-state index in [9.17, 15) is 5.11 Å². The van der Waals surface area contributed by atoms with Crippen molar-refractivity contribution in [3.63, 3.8) is 0 Å². The Morgan fingerprint density at radius 2 is 2.11 bits per heavy atom. The van der Waals surface area contributed by atoms with E-state index < -0.39 is 6.10 Å². The largest absolute Gasteiger partial charge is 0.496 e. The molecule has 98 valence electrons. The van der Waals surface area contributed by atoms with Crippen LogP contribution < -0.4 is 4.74 Å². The molecule has 1 aliphatic heterocycles. The molecule has 2 aromatic rings. The molecule has 2 heterocycles. The molecule has 3 nitrogen and oxygen atoms in total. The Kier molecular flexibility index (Phi) is 2.13. The van der Waals surface area contributed by atoms with Crippen molar-refractivity contribution in [1.29, 1.82) is 0 Å². The molecule has 19 heavy (non-hydrogen) atoms. The van der Waals surface area contributed by atoms with Crippen molar-refractivity contribution in [1.82, 2.24) is 4.57 Å². The summed E-state index contributed by atoms with van der Waals surface area (Å²) >= 11 is 0. The van der Waals surface area contributed by atoms with Gasteiger partial charge in [-0.25, -0.2) is 0 Å². The predicted molar refractivity (Wildman–Crippen MR) is 72.2 cm³/mol. The van der Waals surface area contributed by atoms with Crippen molar-refractivity contribution >= 4 is 0 Å². The van der Waals surface area contributed by atoms with Crippen LogP contribution in [0.3, 0.4) is 0 Å². The minimum absolute atomic E-state index is 0.138.